The van der Waals surface area contributed by atoms with Crippen molar-refractivity contribution in [1.29, 1.82) is 0 Å². The number of hydrogen-bond acceptors (Lipinski definition) is 7. The van der Waals surface area contributed by atoms with Crippen LogP contribution >= 0.6 is 11.3 Å². The SMILES string of the molecule is CCOC(=O)c1csc(NC(=O)CCCN2C(=O)c3ccccc3C2=O)n1. The van der Waals surface area contributed by atoms with E-state index in [0.29, 0.717) is 22.7 Å². The maximum Gasteiger partial charge on any atom is 0.357 e. The molecular weight excluding hydrogens is 370 g/mol. The Morgan fingerprint density at radius 1 is 1.19 bits per heavy atom. The number of amides is 3. The minimum absolute atomic E-state index is 0.113. The van der Waals surface area contributed by atoms with E-state index in [1.165, 1.54) is 5.38 Å². The molecule has 0 saturated carbocycles. The molecule has 2 heterocycles. The van der Waals surface area contributed by atoms with Gasteiger partial charge in [0.25, 0.3) is 11.8 Å². The van der Waals surface area contributed by atoms with Gasteiger partial charge in [-0.2, -0.15) is 0 Å². The zero-order valence-electron chi connectivity index (χ0n) is 14.6. The highest BCUT2D eigenvalue weighted by atomic mass is 32.1. The minimum atomic E-state index is -0.542. The first-order chi connectivity index (χ1) is 13.0. The molecule has 0 spiro atoms. The predicted octanol–water partition coefficient (Wildman–Crippen LogP) is 2.33. The lowest BCUT2D eigenvalue weighted by Crippen LogP contribution is -2.31. The normalized spacial score (nSPS) is 12.9. The third-order valence-electron chi connectivity index (χ3n) is 3.90. The van der Waals surface area contributed by atoms with Crippen molar-refractivity contribution in [2.45, 2.75) is 19.8 Å². The van der Waals surface area contributed by atoms with Crippen LogP contribution in [0.2, 0.25) is 0 Å². The van der Waals surface area contributed by atoms with Crippen molar-refractivity contribution in [1.82, 2.24) is 9.88 Å². The molecule has 0 unspecified atom stereocenters. The molecule has 0 saturated heterocycles. The van der Waals surface area contributed by atoms with Crippen LogP contribution in [-0.2, 0) is 9.53 Å². The van der Waals surface area contributed by atoms with Gasteiger partial charge in [0.1, 0.15) is 0 Å². The van der Waals surface area contributed by atoms with Crippen molar-refractivity contribution in [3.63, 3.8) is 0 Å². The van der Waals surface area contributed by atoms with Crippen LogP contribution in [0.1, 0.15) is 51.0 Å². The molecule has 1 aliphatic rings. The summed E-state index contributed by atoms with van der Waals surface area (Å²) in [6.07, 6.45) is 0.440. The number of fused-ring (bicyclic) bond motifs is 1. The van der Waals surface area contributed by atoms with Gasteiger partial charge in [-0.05, 0) is 25.5 Å². The van der Waals surface area contributed by atoms with E-state index in [-0.39, 0.29) is 43.0 Å². The van der Waals surface area contributed by atoms with Gasteiger partial charge < -0.3 is 10.1 Å². The fraction of sp³-hybridized carbons (Fsp3) is 0.278. The van der Waals surface area contributed by atoms with Crippen LogP contribution in [0.25, 0.3) is 0 Å². The molecule has 27 heavy (non-hydrogen) atoms. The van der Waals surface area contributed by atoms with E-state index in [2.05, 4.69) is 10.3 Å². The number of aromatic nitrogens is 1. The molecule has 0 bridgehead atoms. The number of ether oxygens (including phenoxy) is 1. The van der Waals surface area contributed by atoms with Gasteiger partial charge in [0, 0.05) is 18.3 Å². The number of hydrogen-bond donors (Lipinski definition) is 1. The lowest BCUT2D eigenvalue weighted by molar-refractivity contribution is -0.116. The lowest BCUT2D eigenvalue weighted by atomic mass is 10.1. The summed E-state index contributed by atoms with van der Waals surface area (Å²) in [5.74, 6) is -1.53. The molecule has 9 heteroatoms. The summed E-state index contributed by atoms with van der Waals surface area (Å²) in [6.45, 7) is 2.10. The molecule has 1 N–H and O–H groups in total. The number of esters is 1. The van der Waals surface area contributed by atoms with Gasteiger partial charge in [0.05, 0.1) is 17.7 Å². The average Bonchev–Trinajstić information content (AvgIpc) is 3.21. The smallest absolute Gasteiger partial charge is 0.357 e. The molecule has 0 aliphatic carbocycles. The highest BCUT2D eigenvalue weighted by Crippen LogP contribution is 2.23. The summed E-state index contributed by atoms with van der Waals surface area (Å²) < 4.78 is 4.84. The van der Waals surface area contributed by atoms with Crippen molar-refractivity contribution < 1.29 is 23.9 Å². The highest BCUT2D eigenvalue weighted by molar-refractivity contribution is 7.14. The van der Waals surface area contributed by atoms with Crippen LogP contribution < -0.4 is 5.32 Å². The van der Waals surface area contributed by atoms with Gasteiger partial charge in [-0.15, -0.1) is 11.3 Å². The van der Waals surface area contributed by atoms with E-state index in [1.807, 2.05) is 0 Å². The number of rotatable bonds is 7. The maximum absolute atomic E-state index is 12.2. The summed E-state index contributed by atoms with van der Waals surface area (Å²) in [5, 5.41) is 4.40. The van der Waals surface area contributed by atoms with Crippen LogP contribution in [0.4, 0.5) is 5.13 Å². The molecule has 0 atom stereocenters. The highest BCUT2D eigenvalue weighted by Gasteiger charge is 2.34. The molecule has 2 aromatic rings. The number of carbonyl (C=O) groups excluding carboxylic acids is 4. The summed E-state index contributed by atoms with van der Waals surface area (Å²) >= 11 is 1.12. The number of benzene rings is 1. The summed E-state index contributed by atoms with van der Waals surface area (Å²) in [4.78, 5) is 53.2. The van der Waals surface area contributed by atoms with E-state index in [9.17, 15) is 19.2 Å². The Hall–Kier alpha value is -3.07. The Bertz CT molecular complexity index is 873. The molecule has 1 aliphatic heterocycles. The third-order valence-corrected chi connectivity index (χ3v) is 4.66. The summed E-state index contributed by atoms with van der Waals surface area (Å²) in [6, 6.07) is 6.65. The monoisotopic (exact) mass is 387 g/mol. The van der Waals surface area contributed by atoms with Crippen LogP contribution in [0.3, 0.4) is 0 Å². The Balaban J connectivity index is 1.49. The second-order valence-electron chi connectivity index (χ2n) is 5.72. The number of thiazole rings is 1. The molecule has 1 aromatic carbocycles. The molecule has 3 amide bonds. The van der Waals surface area contributed by atoms with Gasteiger partial charge in [0.15, 0.2) is 10.8 Å². The first-order valence-electron chi connectivity index (χ1n) is 8.39. The first-order valence-corrected chi connectivity index (χ1v) is 9.27. The number of nitrogens with zero attached hydrogens (tertiary/aromatic N) is 2. The third kappa shape index (κ3) is 4.03. The van der Waals surface area contributed by atoms with Crippen LogP contribution in [0.5, 0.6) is 0 Å². The molecule has 0 fully saturated rings. The van der Waals surface area contributed by atoms with Crippen LogP contribution in [0, 0.1) is 0 Å². The van der Waals surface area contributed by atoms with E-state index >= 15 is 0 Å². The Labute approximate surface area is 159 Å². The van der Waals surface area contributed by atoms with Gasteiger partial charge in [0.2, 0.25) is 5.91 Å². The number of imide groups is 1. The van der Waals surface area contributed by atoms with Gasteiger partial charge in [-0.25, -0.2) is 9.78 Å². The zero-order chi connectivity index (χ0) is 19.4. The second-order valence-corrected chi connectivity index (χ2v) is 6.58. The van der Waals surface area contributed by atoms with Gasteiger partial charge in [-0.3, -0.25) is 19.3 Å². The van der Waals surface area contributed by atoms with Crippen LogP contribution in [0.15, 0.2) is 29.6 Å². The zero-order valence-corrected chi connectivity index (χ0v) is 15.4. The maximum atomic E-state index is 12.2. The minimum Gasteiger partial charge on any atom is -0.461 e. The van der Waals surface area contributed by atoms with E-state index in [1.54, 1.807) is 31.2 Å². The molecule has 0 radical (unpaired) electrons. The van der Waals surface area contributed by atoms with Crippen LogP contribution in [-0.4, -0.2) is 46.7 Å². The van der Waals surface area contributed by atoms with E-state index < -0.39 is 5.97 Å². The standard InChI is InChI=1S/C18H17N3O5S/c1-2-26-17(25)13-10-27-18(19-13)20-14(22)8-5-9-21-15(23)11-6-3-4-7-12(11)16(21)24/h3-4,6-7,10H,2,5,8-9H2,1H3,(H,19,20,22). The second kappa shape index (κ2) is 8.09. The van der Waals surface area contributed by atoms with Crippen molar-refractivity contribution in [3.8, 4) is 0 Å². The largest absolute Gasteiger partial charge is 0.461 e. The quantitative estimate of drug-likeness (QED) is 0.577. The van der Waals surface area contributed by atoms with Crippen molar-refractivity contribution in [2.75, 3.05) is 18.5 Å². The van der Waals surface area contributed by atoms with E-state index in [4.69, 9.17) is 4.74 Å². The van der Waals surface area contributed by atoms with Gasteiger partial charge in [-0.1, -0.05) is 12.1 Å². The average molecular weight is 387 g/mol. The van der Waals surface area contributed by atoms with Crippen molar-refractivity contribution in [2.24, 2.45) is 0 Å². The van der Waals surface area contributed by atoms with E-state index in [0.717, 1.165) is 16.2 Å². The molecule has 140 valence electrons. The number of carbonyl (C=O) groups is 4. The first kappa shape index (κ1) is 18.7. The van der Waals surface area contributed by atoms with Gasteiger partial charge >= 0.3 is 5.97 Å². The fourth-order valence-corrected chi connectivity index (χ4v) is 3.35. The molecular formula is C18H17N3O5S. The Morgan fingerprint density at radius 3 is 2.48 bits per heavy atom. The number of anilines is 1. The lowest BCUT2D eigenvalue weighted by Gasteiger charge is -2.13. The molecule has 8 nitrogen and oxygen atoms in total. The fourth-order valence-electron chi connectivity index (χ4n) is 2.65. The van der Waals surface area contributed by atoms with Crippen molar-refractivity contribution in [3.05, 3.63) is 46.5 Å². The number of nitrogens with one attached hydrogen (secondary N) is 1. The summed E-state index contributed by atoms with van der Waals surface area (Å²) in [5.41, 5.74) is 0.922. The Kier molecular flexibility index (Phi) is 5.60. The van der Waals surface area contributed by atoms with Crippen molar-refractivity contribution >= 4 is 40.2 Å². The summed E-state index contributed by atoms with van der Waals surface area (Å²) in [7, 11) is 0. The molecule has 3 rings (SSSR count). The Morgan fingerprint density at radius 2 is 1.85 bits per heavy atom. The molecule has 1 aromatic heterocycles. The topological polar surface area (TPSA) is 106 Å². The predicted molar refractivity (Wildman–Crippen MR) is 97.7 cm³/mol.